The van der Waals surface area contributed by atoms with E-state index in [1.807, 2.05) is 49.3 Å². The van der Waals surface area contributed by atoms with Crippen LogP contribution in [0.15, 0.2) is 54.6 Å². The first kappa shape index (κ1) is 31.1. The number of carbonyl (C=O) groups excluding carboxylic acids is 2. The van der Waals surface area contributed by atoms with Crippen LogP contribution in [-0.2, 0) is 27.1 Å². The van der Waals surface area contributed by atoms with Crippen molar-refractivity contribution in [3.8, 4) is 5.75 Å². The number of amides is 1. The lowest BCUT2D eigenvalue weighted by atomic mass is 10.1. The van der Waals surface area contributed by atoms with Crippen molar-refractivity contribution in [2.24, 2.45) is 0 Å². The molecule has 38 heavy (non-hydrogen) atoms. The Morgan fingerprint density at radius 1 is 0.895 bits per heavy atom. The summed E-state index contributed by atoms with van der Waals surface area (Å²) in [5.41, 5.74) is 0.230. The van der Waals surface area contributed by atoms with Gasteiger partial charge in [0.05, 0.1) is 24.6 Å². The lowest BCUT2D eigenvalue weighted by Crippen LogP contribution is -2.43. The van der Waals surface area contributed by atoms with Gasteiger partial charge in [-0.1, -0.05) is 56.0 Å². The highest BCUT2D eigenvalue weighted by Gasteiger charge is 2.30. The highest BCUT2D eigenvalue weighted by molar-refractivity contribution is 5.77. The molecule has 1 unspecified atom stereocenters. The van der Waals surface area contributed by atoms with E-state index >= 15 is 0 Å². The second-order valence-electron chi connectivity index (χ2n) is 9.62. The van der Waals surface area contributed by atoms with Gasteiger partial charge in [0.1, 0.15) is 12.4 Å². The highest BCUT2D eigenvalue weighted by atomic mass is 19.4. The summed E-state index contributed by atoms with van der Waals surface area (Å²) in [6, 6.07) is 13.9. The number of hydrogen-bond donors (Lipinski definition) is 1. The summed E-state index contributed by atoms with van der Waals surface area (Å²) in [5.74, 6) is 0.0157. The number of nitrogens with one attached hydrogen (secondary N) is 1. The molecule has 6 nitrogen and oxygen atoms in total. The van der Waals surface area contributed by atoms with Crippen LogP contribution in [0.1, 0.15) is 62.5 Å². The first-order chi connectivity index (χ1) is 18.1. The number of alkyl halides is 3. The number of hydrogen-bond acceptors (Lipinski definition) is 5. The standard InChI is InChI=1S/C29H39F3N2O4/c1-34(2)21-25(20-28(36)38-22-23-12-8-7-9-13-23)33-27(35)14-10-5-3-4-6-11-19-37-26-17-15-24(16-18-26)29(30,31)32/h7-9,12-13,15-18,25H,3-6,10-11,14,19-22H2,1-2H3,(H,33,35). The Morgan fingerprint density at radius 3 is 2.16 bits per heavy atom. The number of carbonyl (C=O) groups is 2. The topological polar surface area (TPSA) is 67.9 Å². The van der Waals surface area contributed by atoms with Crippen LogP contribution in [-0.4, -0.2) is 50.1 Å². The number of halogens is 3. The van der Waals surface area contributed by atoms with Crippen molar-refractivity contribution < 1.29 is 32.2 Å². The number of unbranched alkanes of at least 4 members (excludes halogenated alkanes) is 5. The first-order valence-corrected chi connectivity index (χ1v) is 13.1. The van der Waals surface area contributed by atoms with Gasteiger partial charge < -0.3 is 19.7 Å². The Kier molecular flexibility index (Phi) is 13.7. The van der Waals surface area contributed by atoms with Gasteiger partial charge in [-0.2, -0.15) is 13.2 Å². The molecule has 0 aliphatic carbocycles. The van der Waals surface area contributed by atoms with E-state index in [1.165, 1.54) is 12.1 Å². The van der Waals surface area contributed by atoms with Crippen molar-refractivity contribution in [2.75, 3.05) is 27.2 Å². The van der Waals surface area contributed by atoms with Crippen LogP contribution in [0, 0.1) is 0 Å². The monoisotopic (exact) mass is 536 g/mol. The van der Waals surface area contributed by atoms with Gasteiger partial charge in [0.25, 0.3) is 0 Å². The maximum absolute atomic E-state index is 12.6. The molecular formula is C29H39F3N2O4. The third-order valence-electron chi connectivity index (χ3n) is 5.85. The van der Waals surface area contributed by atoms with Crippen LogP contribution in [0.3, 0.4) is 0 Å². The number of ether oxygens (including phenoxy) is 2. The second kappa shape index (κ2) is 16.7. The lowest BCUT2D eigenvalue weighted by molar-refractivity contribution is -0.145. The fourth-order valence-corrected chi connectivity index (χ4v) is 3.92. The molecule has 9 heteroatoms. The SMILES string of the molecule is CN(C)CC(CC(=O)OCc1ccccc1)NC(=O)CCCCCCCCOc1ccc(C(F)(F)F)cc1. The molecule has 0 spiro atoms. The molecule has 0 radical (unpaired) electrons. The third-order valence-corrected chi connectivity index (χ3v) is 5.85. The molecule has 0 aromatic heterocycles. The van der Waals surface area contributed by atoms with Crippen molar-refractivity contribution in [1.82, 2.24) is 10.2 Å². The highest BCUT2D eigenvalue weighted by Crippen LogP contribution is 2.30. The van der Waals surface area contributed by atoms with E-state index < -0.39 is 11.7 Å². The number of nitrogens with zero attached hydrogens (tertiary/aromatic N) is 1. The maximum atomic E-state index is 12.6. The summed E-state index contributed by atoms with van der Waals surface area (Å²) in [6.07, 6.45) is 1.60. The fourth-order valence-electron chi connectivity index (χ4n) is 3.92. The van der Waals surface area contributed by atoms with Crippen molar-refractivity contribution in [1.29, 1.82) is 0 Å². The van der Waals surface area contributed by atoms with Crippen LogP contribution < -0.4 is 10.1 Å². The molecule has 210 valence electrons. The predicted octanol–water partition coefficient (Wildman–Crippen LogP) is 5.99. The van der Waals surface area contributed by atoms with Crippen LogP contribution in [0.2, 0.25) is 0 Å². The molecule has 0 saturated heterocycles. The number of rotatable bonds is 17. The van der Waals surface area contributed by atoms with Crippen molar-refractivity contribution in [3.05, 3.63) is 65.7 Å². The molecule has 0 bridgehead atoms. The average molecular weight is 537 g/mol. The minimum Gasteiger partial charge on any atom is -0.494 e. The summed E-state index contributed by atoms with van der Waals surface area (Å²) in [5, 5.41) is 2.96. The van der Waals surface area contributed by atoms with Gasteiger partial charge in [-0.25, -0.2) is 0 Å². The van der Waals surface area contributed by atoms with Gasteiger partial charge in [-0.15, -0.1) is 0 Å². The Hall–Kier alpha value is -3.07. The molecule has 0 aliphatic heterocycles. The van der Waals surface area contributed by atoms with Crippen LogP contribution in [0.4, 0.5) is 13.2 Å². The van der Waals surface area contributed by atoms with E-state index in [0.717, 1.165) is 56.2 Å². The first-order valence-electron chi connectivity index (χ1n) is 13.1. The lowest BCUT2D eigenvalue weighted by Gasteiger charge is -2.22. The average Bonchev–Trinajstić information content (AvgIpc) is 2.86. The normalized spacial score (nSPS) is 12.3. The van der Waals surface area contributed by atoms with E-state index in [1.54, 1.807) is 0 Å². The molecule has 0 heterocycles. The molecule has 2 rings (SSSR count). The van der Waals surface area contributed by atoms with Gasteiger partial charge in [-0.3, -0.25) is 9.59 Å². The number of esters is 1. The minimum absolute atomic E-state index is 0.0716. The van der Waals surface area contributed by atoms with Crippen molar-refractivity contribution in [3.63, 3.8) is 0 Å². The Morgan fingerprint density at radius 2 is 1.53 bits per heavy atom. The summed E-state index contributed by atoms with van der Waals surface area (Å²) >= 11 is 0. The van der Waals surface area contributed by atoms with Crippen LogP contribution in [0.25, 0.3) is 0 Å². The van der Waals surface area contributed by atoms with E-state index in [0.29, 0.717) is 25.3 Å². The summed E-state index contributed by atoms with van der Waals surface area (Å²) < 4.78 is 48.6. The zero-order valence-electron chi connectivity index (χ0n) is 22.3. The number of likely N-dealkylation sites (N-methyl/N-ethyl adjacent to an activating group) is 1. The smallest absolute Gasteiger partial charge is 0.416 e. The molecule has 1 amide bonds. The zero-order chi connectivity index (χ0) is 27.8. The fraction of sp³-hybridized carbons (Fsp3) is 0.517. The van der Waals surface area contributed by atoms with Gasteiger partial charge in [0, 0.05) is 13.0 Å². The second-order valence-corrected chi connectivity index (χ2v) is 9.62. The number of benzene rings is 2. The predicted molar refractivity (Wildman–Crippen MR) is 141 cm³/mol. The van der Waals surface area contributed by atoms with E-state index in [-0.39, 0.29) is 30.9 Å². The summed E-state index contributed by atoms with van der Waals surface area (Å²) in [4.78, 5) is 26.6. The molecule has 0 saturated carbocycles. The van der Waals surface area contributed by atoms with Gasteiger partial charge in [-0.05, 0) is 56.8 Å². The van der Waals surface area contributed by atoms with Gasteiger partial charge in [0.2, 0.25) is 5.91 Å². The van der Waals surface area contributed by atoms with Crippen molar-refractivity contribution in [2.45, 2.75) is 70.2 Å². The molecule has 2 aromatic carbocycles. The molecule has 2 aromatic rings. The van der Waals surface area contributed by atoms with Gasteiger partial charge in [0.15, 0.2) is 0 Å². The largest absolute Gasteiger partial charge is 0.494 e. The van der Waals surface area contributed by atoms with E-state index in [4.69, 9.17) is 9.47 Å². The van der Waals surface area contributed by atoms with Crippen molar-refractivity contribution >= 4 is 11.9 Å². The van der Waals surface area contributed by atoms with E-state index in [2.05, 4.69) is 5.32 Å². The van der Waals surface area contributed by atoms with E-state index in [9.17, 15) is 22.8 Å². The Labute approximate surface area is 223 Å². The molecule has 0 aliphatic rings. The maximum Gasteiger partial charge on any atom is 0.416 e. The van der Waals surface area contributed by atoms with Crippen LogP contribution >= 0.6 is 0 Å². The summed E-state index contributed by atoms with van der Waals surface area (Å²) in [7, 11) is 3.78. The molecular weight excluding hydrogens is 497 g/mol. The zero-order valence-corrected chi connectivity index (χ0v) is 22.3. The molecule has 0 fully saturated rings. The third kappa shape index (κ3) is 13.5. The quantitative estimate of drug-likeness (QED) is 0.199. The molecule has 1 N–H and O–H groups in total. The Bertz CT molecular complexity index is 951. The minimum atomic E-state index is -4.34. The Balaban J connectivity index is 1.54. The molecule has 1 atom stereocenters. The van der Waals surface area contributed by atoms with Crippen LogP contribution in [0.5, 0.6) is 5.75 Å². The van der Waals surface area contributed by atoms with Gasteiger partial charge >= 0.3 is 12.1 Å². The summed E-state index contributed by atoms with van der Waals surface area (Å²) in [6.45, 7) is 1.21.